The van der Waals surface area contributed by atoms with Crippen molar-refractivity contribution in [1.29, 1.82) is 0 Å². The molecule has 0 aliphatic carbocycles. The van der Waals surface area contributed by atoms with Gasteiger partial charge in [-0.05, 0) is 24.3 Å². The topological polar surface area (TPSA) is 75.3 Å². The monoisotopic (exact) mass is 281 g/mol. The maximum absolute atomic E-state index is 12.3. The first-order chi connectivity index (χ1) is 9.04. The standard InChI is InChI=1S/C12H15N3O3S/c1-15(9-10-7-13-14-8-10)19(16,17)12-5-3-11(18-2)4-6-12/h3-8H,9H2,1-2H3,(H,13,14). The Hall–Kier alpha value is -1.86. The lowest BCUT2D eigenvalue weighted by Crippen LogP contribution is -2.26. The molecule has 0 bridgehead atoms. The summed E-state index contributed by atoms with van der Waals surface area (Å²) in [6.45, 7) is 0.269. The molecule has 1 aromatic carbocycles. The van der Waals surface area contributed by atoms with E-state index in [9.17, 15) is 8.42 Å². The number of hydrogen-bond acceptors (Lipinski definition) is 4. The van der Waals surface area contributed by atoms with Crippen molar-refractivity contribution in [3.63, 3.8) is 0 Å². The van der Waals surface area contributed by atoms with Crippen LogP contribution in [0.5, 0.6) is 5.75 Å². The number of benzene rings is 1. The van der Waals surface area contributed by atoms with E-state index in [-0.39, 0.29) is 11.4 Å². The number of rotatable bonds is 5. The summed E-state index contributed by atoms with van der Waals surface area (Å²) in [7, 11) is -0.433. The van der Waals surface area contributed by atoms with Crippen LogP contribution in [-0.2, 0) is 16.6 Å². The van der Waals surface area contributed by atoms with Crippen LogP contribution in [0, 0.1) is 0 Å². The van der Waals surface area contributed by atoms with Gasteiger partial charge >= 0.3 is 0 Å². The Morgan fingerprint density at radius 1 is 1.32 bits per heavy atom. The lowest BCUT2D eigenvalue weighted by atomic mass is 10.3. The third-order valence-electron chi connectivity index (χ3n) is 2.73. The van der Waals surface area contributed by atoms with Gasteiger partial charge in [0.15, 0.2) is 0 Å². The first-order valence-electron chi connectivity index (χ1n) is 5.62. The second kappa shape index (κ2) is 5.41. The van der Waals surface area contributed by atoms with Gasteiger partial charge in [-0.25, -0.2) is 8.42 Å². The third-order valence-corrected chi connectivity index (χ3v) is 4.55. The normalized spacial score (nSPS) is 11.7. The smallest absolute Gasteiger partial charge is 0.243 e. The van der Waals surface area contributed by atoms with Crippen molar-refractivity contribution >= 4 is 10.0 Å². The molecule has 1 aromatic heterocycles. The Kier molecular flexibility index (Phi) is 3.87. The Bertz CT molecular complexity index is 621. The van der Waals surface area contributed by atoms with E-state index in [0.717, 1.165) is 5.56 Å². The van der Waals surface area contributed by atoms with Crippen LogP contribution in [0.3, 0.4) is 0 Å². The number of ether oxygens (including phenoxy) is 1. The summed E-state index contributed by atoms with van der Waals surface area (Å²) in [5, 5.41) is 6.44. The van der Waals surface area contributed by atoms with Crippen LogP contribution in [0.25, 0.3) is 0 Å². The zero-order chi connectivity index (χ0) is 13.9. The molecule has 0 saturated carbocycles. The molecule has 0 unspecified atom stereocenters. The number of methoxy groups -OCH3 is 1. The Balaban J connectivity index is 2.20. The van der Waals surface area contributed by atoms with Gasteiger partial charge in [0, 0.05) is 25.4 Å². The molecule has 0 fully saturated rings. The van der Waals surface area contributed by atoms with Crippen molar-refractivity contribution in [2.45, 2.75) is 11.4 Å². The number of aromatic amines is 1. The summed E-state index contributed by atoms with van der Waals surface area (Å²) in [6.07, 6.45) is 3.26. The fourth-order valence-electron chi connectivity index (χ4n) is 1.63. The molecule has 0 radical (unpaired) electrons. The van der Waals surface area contributed by atoms with Gasteiger partial charge in [0.1, 0.15) is 5.75 Å². The van der Waals surface area contributed by atoms with E-state index in [1.54, 1.807) is 24.5 Å². The summed E-state index contributed by atoms with van der Waals surface area (Å²) in [6, 6.07) is 6.30. The zero-order valence-electron chi connectivity index (χ0n) is 10.7. The molecule has 1 heterocycles. The number of aromatic nitrogens is 2. The number of H-pyrrole nitrogens is 1. The maximum atomic E-state index is 12.3. The van der Waals surface area contributed by atoms with Gasteiger partial charge in [-0.3, -0.25) is 5.10 Å². The predicted octanol–water partition coefficient (Wildman–Crippen LogP) is 1.24. The molecule has 7 heteroatoms. The maximum Gasteiger partial charge on any atom is 0.243 e. The number of nitrogens with zero attached hydrogens (tertiary/aromatic N) is 2. The molecule has 6 nitrogen and oxygen atoms in total. The Morgan fingerprint density at radius 3 is 2.53 bits per heavy atom. The third kappa shape index (κ3) is 2.94. The fourth-order valence-corrected chi connectivity index (χ4v) is 2.79. The fraction of sp³-hybridized carbons (Fsp3) is 0.250. The van der Waals surface area contributed by atoms with Gasteiger partial charge in [0.2, 0.25) is 10.0 Å². The molecule has 2 aromatic rings. The van der Waals surface area contributed by atoms with Crippen molar-refractivity contribution < 1.29 is 13.2 Å². The summed E-state index contributed by atoms with van der Waals surface area (Å²) in [4.78, 5) is 0.235. The highest BCUT2D eigenvalue weighted by Gasteiger charge is 2.21. The Morgan fingerprint density at radius 2 is 2.00 bits per heavy atom. The predicted molar refractivity (Wildman–Crippen MR) is 70.2 cm³/mol. The molecule has 0 aliphatic heterocycles. The highest BCUT2D eigenvalue weighted by molar-refractivity contribution is 7.89. The first-order valence-corrected chi connectivity index (χ1v) is 7.06. The van der Waals surface area contributed by atoms with Crippen molar-refractivity contribution in [3.8, 4) is 5.75 Å². The summed E-state index contributed by atoms with van der Waals surface area (Å²) in [5.41, 5.74) is 0.805. The van der Waals surface area contributed by atoms with Gasteiger partial charge in [0.25, 0.3) is 0 Å². The van der Waals surface area contributed by atoms with Crippen LogP contribution in [0.1, 0.15) is 5.56 Å². The molecule has 0 saturated heterocycles. The number of nitrogens with one attached hydrogen (secondary N) is 1. The van der Waals surface area contributed by atoms with E-state index >= 15 is 0 Å². The van der Waals surface area contributed by atoms with Gasteiger partial charge in [-0.15, -0.1) is 0 Å². The lowest BCUT2D eigenvalue weighted by Gasteiger charge is -2.16. The van der Waals surface area contributed by atoms with Crippen molar-refractivity contribution in [3.05, 3.63) is 42.2 Å². The minimum Gasteiger partial charge on any atom is -0.497 e. The van der Waals surface area contributed by atoms with Crippen molar-refractivity contribution in [2.24, 2.45) is 0 Å². The van der Waals surface area contributed by atoms with Crippen LogP contribution in [0.4, 0.5) is 0 Å². The van der Waals surface area contributed by atoms with E-state index < -0.39 is 10.0 Å². The average molecular weight is 281 g/mol. The van der Waals surface area contributed by atoms with E-state index in [2.05, 4.69) is 10.2 Å². The number of sulfonamides is 1. The van der Waals surface area contributed by atoms with Gasteiger partial charge in [-0.2, -0.15) is 9.40 Å². The second-order valence-electron chi connectivity index (χ2n) is 4.04. The molecular formula is C12H15N3O3S. The first kappa shape index (κ1) is 13.6. The molecule has 0 aliphatic rings. The van der Waals surface area contributed by atoms with Crippen molar-refractivity contribution in [2.75, 3.05) is 14.2 Å². The minimum atomic E-state index is -3.50. The van der Waals surface area contributed by atoms with Crippen LogP contribution >= 0.6 is 0 Å². The second-order valence-corrected chi connectivity index (χ2v) is 6.09. The SMILES string of the molecule is COc1ccc(S(=O)(=O)N(C)Cc2cn[nH]c2)cc1. The van der Waals surface area contributed by atoms with Gasteiger partial charge in [0.05, 0.1) is 18.2 Å². The van der Waals surface area contributed by atoms with Crippen LogP contribution in [-0.4, -0.2) is 37.1 Å². The molecule has 0 amide bonds. The molecule has 19 heavy (non-hydrogen) atoms. The molecule has 0 spiro atoms. The zero-order valence-corrected chi connectivity index (χ0v) is 11.5. The quantitative estimate of drug-likeness (QED) is 0.894. The van der Waals surface area contributed by atoms with E-state index in [4.69, 9.17) is 4.74 Å². The Labute approximate surface area is 112 Å². The highest BCUT2D eigenvalue weighted by atomic mass is 32.2. The molecule has 2 rings (SSSR count). The summed E-state index contributed by atoms with van der Waals surface area (Å²) < 4.78 is 30.9. The highest BCUT2D eigenvalue weighted by Crippen LogP contribution is 2.19. The molecule has 1 N–H and O–H groups in total. The van der Waals surface area contributed by atoms with E-state index in [1.807, 2.05) is 0 Å². The lowest BCUT2D eigenvalue weighted by molar-refractivity contribution is 0.414. The summed E-state index contributed by atoms with van der Waals surface area (Å²) in [5.74, 6) is 0.622. The van der Waals surface area contributed by atoms with Gasteiger partial charge < -0.3 is 4.74 Å². The van der Waals surface area contributed by atoms with Crippen LogP contribution in [0.2, 0.25) is 0 Å². The van der Waals surface area contributed by atoms with E-state index in [0.29, 0.717) is 5.75 Å². The largest absolute Gasteiger partial charge is 0.497 e. The van der Waals surface area contributed by atoms with E-state index in [1.165, 1.54) is 30.6 Å². The summed E-state index contributed by atoms with van der Waals surface area (Å²) >= 11 is 0. The molecular weight excluding hydrogens is 266 g/mol. The van der Waals surface area contributed by atoms with Gasteiger partial charge in [-0.1, -0.05) is 0 Å². The average Bonchev–Trinajstić information content (AvgIpc) is 2.91. The number of hydrogen-bond donors (Lipinski definition) is 1. The van der Waals surface area contributed by atoms with Crippen LogP contribution in [0.15, 0.2) is 41.6 Å². The van der Waals surface area contributed by atoms with Crippen LogP contribution < -0.4 is 4.74 Å². The molecule has 0 atom stereocenters. The molecule has 102 valence electrons. The minimum absolute atomic E-state index is 0.235. The van der Waals surface area contributed by atoms with Crippen molar-refractivity contribution in [1.82, 2.24) is 14.5 Å².